The van der Waals surface area contributed by atoms with Crippen molar-refractivity contribution in [1.29, 1.82) is 0 Å². The summed E-state index contributed by atoms with van der Waals surface area (Å²) in [6.07, 6.45) is 2.90. The number of amides is 1. The molecule has 0 atom stereocenters. The van der Waals surface area contributed by atoms with Crippen LogP contribution in [0.5, 0.6) is 11.5 Å². The Morgan fingerprint density at radius 2 is 1.92 bits per heavy atom. The van der Waals surface area contributed by atoms with Crippen LogP contribution in [-0.4, -0.2) is 25.1 Å². The van der Waals surface area contributed by atoms with Crippen LogP contribution >= 0.6 is 31.9 Å². The number of carbonyl (C=O) groups excluding carboxylic acids is 1. The molecule has 0 aliphatic rings. The largest absolute Gasteiger partial charge is 0.495 e. The van der Waals surface area contributed by atoms with Crippen molar-refractivity contribution in [2.75, 3.05) is 19.5 Å². The first kappa shape index (κ1) is 19.9. The van der Waals surface area contributed by atoms with Crippen LogP contribution in [0.3, 0.4) is 0 Å². The summed E-state index contributed by atoms with van der Waals surface area (Å²) in [5.74, 6) is 0.257. The van der Waals surface area contributed by atoms with Crippen molar-refractivity contribution in [2.45, 2.75) is 0 Å². The first-order chi connectivity index (χ1) is 12.3. The lowest BCUT2D eigenvalue weighted by molar-refractivity contribution is -0.385. The SMILES string of the molecule is COc1ccc(NC(=O)/C=C/c2cc(Br)cc(Br)c2OC)cc1[N+](=O)[O-]. The fourth-order valence-corrected chi connectivity index (χ4v) is 3.60. The van der Waals surface area contributed by atoms with E-state index in [0.717, 1.165) is 8.95 Å². The van der Waals surface area contributed by atoms with E-state index in [-0.39, 0.29) is 17.1 Å². The second-order valence-corrected chi connectivity index (χ2v) is 6.75. The van der Waals surface area contributed by atoms with Crippen molar-refractivity contribution < 1.29 is 19.2 Å². The minimum atomic E-state index is -0.575. The van der Waals surface area contributed by atoms with Gasteiger partial charge in [0.2, 0.25) is 5.91 Å². The maximum absolute atomic E-state index is 12.1. The number of halogens is 2. The van der Waals surface area contributed by atoms with E-state index in [1.807, 2.05) is 6.07 Å². The molecule has 2 aromatic rings. The summed E-state index contributed by atoms with van der Waals surface area (Å²) in [5, 5.41) is 13.6. The second-order valence-electron chi connectivity index (χ2n) is 4.98. The van der Waals surface area contributed by atoms with E-state index in [1.54, 1.807) is 12.1 Å². The Morgan fingerprint density at radius 1 is 1.19 bits per heavy atom. The number of nitrogens with zero attached hydrogens (tertiary/aromatic N) is 1. The van der Waals surface area contributed by atoms with Gasteiger partial charge < -0.3 is 14.8 Å². The average Bonchev–Trinajstić information content (AvgIpc) is 2.59. The van der Waals surface area contributed by atoms with Gasteiger partial charge >= 0.3 is 5.69 Å². The molecule has 2 rings (SSSR count). The third-order valence-corrected chi connectivity index (χ3v) is 4.35. The smallest absolute Gasteiger partial charge is 0.312 e. The number of hydrogen-bond donors (Lipinski definition) is 1. The molecule has 0 aromatic heterocycles. The minimum absolute atomic E-state index is 0.118. The van der Waals surface area contributed by atoms with Gasteiger partial charge in [-0.1, -0.05) is 15.9 Å². The normalized spacial score (nSPS) is 10.6. The quantitative estimate of drug-likeness (QED) is 0.361. The number of nitrogens with one attached hydrogen (secondary N) is 1. The van der Waals surface area contributed by atoms with Crippen molar-refractivity contribution in [3.8, 4) is 11.5 Å². The van der Waals surface area contributed by atoms with Crippen molar-refractivity contribution in [2.24, 2.45) is 0 Å². The van der Waals surface area contributed by atoms with Crippen molar-refractivity contribution in [3.05, 3.63) is 61.0 Å². The lowest BCUT2D eigenvalue weighted by Gasteiger charge is -2.08. The molecule has 0 spiro atoms. The highest BCUT2D eigenvalue weighted by atomic mass is 79.9. The molecule has 0 radical (unpaired) electrons. The van der Waals surface area contributed by atoms with Crippen molar-refractivity contribution >= 4 is 55.2 Å². The first-order valence-corrected chi connectivity index (χ1v) is 8.79. The van der Waals surface area contributed by atoms with Gasteiger partial charge in [0, 0.05) is 27.9 Å². The Balaban J connectivity index is 2.21. The van der Waals surface area contributed by atoms with E-state index in [0.29, 0.717) is 11.3 Å². The van der Waals surface area contributed by atoms with Gasteiger partial charge in [0.1, 0.15) is 5.75 Å². The summed E-state index contributed by atoms with van der Waals surface area (Å²) >= 11 is 6.77. The number of anilines is 1. The highest BCUT2D eigenvalue weighted by Crippen LogP contribution is 2.33. The van der Waals surface area contributed by atoms with Crippen molar-refractivity contribution in [1.82, 2.24) is 0 Å². The van der Waals surface area contributed by atoms with Gasteiger partial charge in [0.15, 0.2) is 5.75 Å². The standard InChI is InChI=1S/C17H14Br2N2O5/c1-25-15-5-4-12(9-14(15)21(23)24)20-16(22)6-3-10-7-11(18)8-13(19)17(10)26-2/h3-9H,1-2H3,(H,20,22)/b6-3+. The molecule has 0 saturated carbocycles. The molecule has 0 bridgehead atoms. The van der Waals surface area contributed by atoms with E-state index in [1.165, 1.54) is 38.5 Å². The zero-order chi connectivity index (χ0) is 19.3. The first-order valence-electron chi connectivity index (χ1n) is 7.20. The molecule has 9 heteroatoms. The third kappa shape index (κ3) is 4.83. The van der Waals surface area contributed by atoms with E-state index < -0.39 is 10.8 Å². The number of ether oxygens (including phenoxy) is 2. The van der Waals surface area contributed by atoms with Gasteiger partial charge in [0.05, 0.1) is 23.6 Å². The molecule has 0 unspecified atom stereocenters. The summed E-state index contributed by atoms with van der Waals surface area (Å²) < 4.78 is 11.8. The Bertz CT molecular complexity index is 884. The number of nitro benzene ring substituents is 1. The fourth-order valence-electron chi connectivity index (χ4n) is 2.18. The van der Waals surface area contributed by atoms with E-state index in [9.17, 15) is 14.9 Å². The Morgan fingerprint density at radius 3 is 2.54 bits per heavy atom. The van der Waals surface area contributed by atoms with Gasteiger partial charge in [-0.3, -0.25) is 14.9 Å². The number of hydrogen-bond acceptors (Lipinski definition) is 5. The summed E-state index contributed by atoms with van der Waals surface area (Å²) in [6.45, 7) is 0. The predicted molar refractivity (Wildman–Crippen MR) is 106 cm³/mol. The number of rotatable bonds is 6. The number of nitro groups is 1. The van der Waals surface area contributed by atoms with Crippen LogP contribution in [0.25, 0.3) is 6.08 Å². The van der Waals surface area contributed by atoms with E-state index >= 15 is 0 Å². The molecule has 0 saturated heterocycles. The number of carbonyl (C=O) groups is 1. The van der Waals surface area contributed by atoms with Gasteiger partial charge in [-0.2, -0.15) is 0 Å². The molecular formula is C17H14Br2N2O5. The molecule has 0 fully saturated rings. The third-order valence-electron chi connectivity index (χ3n) is 3.30. The molecule has 0 aliphatic heterocycles. The highest BCUT2D eigenvalue weighted by molar-refractivity contribution is 9.11. The van der Waals surface area contributed by atoms with Crippen LogP contribution in [0.15, 0.2) is 45.4 Å². The minimum Gasteiger partial charge on any atom is -0.495 e. The molecule has 136 valence electrons. The predicted octanol–water partition coefficient (Wildman–Crippen LogP) is 4.79. The molecule has 1 N–H and O–H groups in total. The highest BCUT2D eigenvalue weighted by Gasteiger charge is 2.15. The lowest BCUT2D eigenvalue weighted by atomic mass is 10.2. The maximum atomic E-state index is 12.1. The van der Waals surface area contributed by atoms with Crippen LogP contribution < -0.4 is 14.8 Å². The van der Waals surface area contributed by atoms with Crippen LogP contribution in [0.2, 0.25) is 0 Å². The van der Waals surface area contributed by atoms with Gasteiger partial charge in [-0.05, 0) is 46.3 Å². The molecule has 26 heavy (non-hydrogen) atoms. The van der Waals surface area contributed by atoms with Crippen LogP contribution in [0.1, 0.15) is 5.56 Å². The van der Waals surface area contributed by atoms with Crippen LogP contribution in [0.4, 0.5) is 11.4 Å². The molecule has 0 heterocycles. The summed E-state index contributed by atoms with van der Waals surface area (Å²) in [5.41, 5.74) is 0.742. The van der Waals surface area contributed by atoms with Gasteiger partial charge in [0.25, 0.3) is 0 Å². The Labute approximate surface area is 166 Å². The van der Waals surface area contributed by atoms with Crippen molar-refractivity contribution in [3.63, 3.8) is 0 Å². The van der Waals surface area contributed by atoms with E-state index in [4.69, 9.17) is 9.47 Å². The second kappa shape index (κ2) is 8.81. The molecule has 0 aliphatic carbocycles. The van der Waals surface area contributed by atoms with E-state index in [2.05, 4.69) is 37.2 Å². The van der Waals surface area contributed by atoms with Gasteiger partial charge in [-0.15, -0.1) is 0 Å². The Hall–Kier alpha value is -2.39. The van der Waals surface area contributed by atoms with Crippen LogP contribution in [-0.2, 0) is 4.79 Å². The maximum Gasteiger partial charge on any atom is 0.312 e. The summed E-state index contributed by atoms with van der Waals surface area (Å²) in [7, 11) is 2.87. The number of methoxy groups -OCH3 is 2. The molecule has 2 aromatic carbocycles. The van der Waals surface area contributed by atoms with Crippen LogP contribution in [0, 0.1) is 10.1 Å². The zero-order valence-electron chi connectivity index (χ0n) is 13.8. The number of benzene rings is 2. The Kier molecular flexibility index (Phi) is 6.76. The monoisotopic (exact) mass is 484 g/mol. The van der Waals surface area contributed by atoms with Gasteiger partial charge in [-0.25, -0.2) is 0 Å². The fraction of sp³-hybridized carbons (Fsp3) is 0.118. The summed E-state index contributed by atoms with van der Waals surface area (Å²) in [6, 6.07) is 7.80. The topological polar surface area (TPSA) is 90.7 Å². The molecule has 7 nitrogen and oxygen atoms in total. The lowest BCUT2D eigenvalue weighted by Crippen LogP contribution is -2.08. The zero-order valence-corrected chi connectivity index (χ0v) is 17.0. The average molecular weight is 486 g/mol. The summed E-state index contributed by atoms with van der Waals surface area (Å²) in [4.78, 5) is 22.6. The molecular weight excluding hydrogens is 472 g/mol. The molecule has 1 amide bonds.